The number of hydrogen-bond donors (Lipinski definition) is 2. The summed E-state index contributed by atoms with van der Waals surface area (Å²) in [6, 6.07) is 0. The third-order valence-corrected chi connectivity index (χ3v) is 2.79. The Labute approximate surface area is 133 Å². The number of aromatic nitrogens is 4. The van der Waals surface area contributed by atoms with Gasteiger partial charge < -0.3 is 4.74 Å². The van der Waals surface area contributed by atoms with Crippen molar-refractivity contribution in [2.75, 3.05) is 5.32 Å². The van der Waals surface area contributed by atoms with Crippen molar-refractivity contribution < 1.29 is 36.4 Å². The van der Waals surface area contributed by atoms with Crippen molar-refractivity contribution in [2.45, 2.75) is 19.7 Å². The summed E-state index contributed by atoms with van der Waals surface area (Å²) in [5.41, 5.74) is -1.09. The van der Waals surface area contributed by atoms with E-state index in [-0.39, 0.29) is 11.4 Å². The van der Waals surface area contributed by atoms with Crippen LogP contribution in [0.25, 0.3) is 5.82 Å². The fourth-order valence-corrected chi connectivity index (χ4v) is 1.72. The lowest BCUT2D eigenvalue weighted by molar-refractivity contribution is -0.384. The molecule has 1 amide bonds. The third kappa shape index (κ3) is 3.64. The first-order valence-electron chi connectivity index (χ1n) is 6.13. The molecule has 0 spiro atoms. The summed E-state index contributed by atoms with van der Waals surface area (Å²) in [6.45, 7) is -2.04. The number of aromatic amines is 1. The van der Waals surface area contributed by atoms with E-state index in [0.29, 0.717) is 10.9 Å². The minimum absolute atomic E-state index is 0.138. The highest BCUT2D eigenvalue weighted by atomic mass is 19.4. The maximum Gasteiger partial charge on any atom is 0.471 e. The fraction of sp³-hybridized carbons (Fsp3) is 0.300. The Morgan fingerprint density at radius 2 is 2.12 bits per heavy atom. The van der Waals surface area contributed by atoms with E-state index in [9.17, 15) is 36.9 Å². The smallest absolute Gasteiger partial charge is 0.415 e. The second-order valence-corrected chi connectivity index (χ2v) is 4.38. The molecule has 0 saturated heterocycles. The molecule has 2 N–H and O–H groups in total. The molecule has 0 saturated carbocycles. The van der Waals surface area contributed by atoms with Crippen molar-refractivity contribution in [1.29, 1.82) is 0 Å². The molecule has 0 unspecified atom stereocenters. The molecular weight excluding hydrogens is 363 g/mol. The van der Waals surface area contributed by atoms with Crippen LogP contribution >= 0.6 is 0 Å². The number of nitrogens with one attached hydrogen (secondary N) is 2. The van der Waals surface area contributed by atoms with Crippen molar-refractivity contribution >= 4 is 17.4 Å². The maximum atomic E-state index is 12.4. The first-order chi connectivity index (χ1) is 11.5. The van der Waals surface area contributed by atoms with Crippen molar-refractivity contribution in [3.63, 3.8) is 0 Å². The van der Waals surface area contributed by atoms with Gasteiger partial charge in [-0.3, -0.25) is 25.3 Å². The Bertz CT molecular complexity index is 813. The second kappa shape index (κ2) is 6.33. The molecule has 2 rings (SSSR count). The molecule has 2 heterocycles. The van der Waals surface area contributed by atoms with Crippen molar-refractivity contribution in [3.05, 3.63) is 21.9 Å². The van der Waals surface area contributed by atoms with Gasteiger partial charge in [0.05, 0.1) is 10.5 Å². The second-order valence-electron chi connectivity index (χ2n) is 4.38. The largest absolute Gasteiger partial charge is 0.471 e. The van der Waals surface area contributed by atoms with Gasteiger partial charge in [-0.15, -0.1) is 5.10 Å². The molecule has 0 radical (unpaired) electrons. The fourth-order valence-electron chi connectivity index (χ4n) is 1.72. The molecule has 0 bridgehead atoms. The molecule has 0 aliphatic heterocycles. The first-order valence-corrected chi connectivity index (χ1v) is 6.13. The average Bonchev–Trinajstić information content (AvgIpc) is 3.02. The van der Waals surface area contributed by atoms with Crippen LogP contribution in [0.3, 0.4) is 0 Å². The predicted molar refractivity (Wildman–Crippen MR) is 68.4 cm³/mol. The minimum atomic E-state index is -5.32. The van der Waals surface area contributed by atoms with Gasteiger partial charge in [-0.2, -0.15) is 31.7 Å². The number of hydrogen-bond acceptors (Lipinski definition) is 6. The van der Waals surface area contributed by atoms with Crippen molar-refractivity contribution in [2.24, 2.45) is 0 Å². The third-order valence-electron chi connectivity index (χ3n) is 2.79. The number of nitro groups is 1. The standard InChI is InChI=1S/C10H7F5N6O4/c1-3-5(18-19-7(3)25-9(11)12)20-6(4(2-16-20)21(23)24)17-8(22)10(13,14)15/h2,9H,1H3,(H,17,22)(H,18,19). The van der Waals surface area contributed by atoms with Gasteiger partial charge in [0, 0.05) is 0 Å². The summed E-state index contributed by atoms with van der Waals surface area (Å²) in [5.74, 6) is -4.35. The summed E-state index contributed by atoms with van der Waals surface area (Å²) in [5, 5.41) is 21.2. The molecule has 0 aromatic carbocycles. The molecule has 10 nitrogen and oxygen atoms in total. The Morgan fingerprint density at radius 3 is 2.64 bits per heavy atom. The first kappa shape index (κ1) is 18.1. The number of halogens is 5. The van der Waals surface area contributed by atoms with Crippen LogP contribution in [0, 0.1) is 17.0 Å². The molecule has 2 aromatic rings. The molecule has 25 heavy (non-hydrogen) atoms. The molecule has 2 aromatic heterocycles. The van der Waals surface area contributed by atoms with E-state index in [0.717, 1.165) is 0 Å². The van der Waals surface area contributed by atoms with Crippen LogP contribution in [0.2, 0.25) is 0 Å². The summed E-state index contributed by atoms with van der Waals surface area (Å²) in [4.78, 5) is 20.9. The Balaban J connectivity index is 2.51. The van der Waals surface area contributed by atoms with E-state index in [1.54, 1.807) is 0 Å². The SMILES string of the molecule is Cc1c(OC(F)F)n[nH]c1-n1ncc([N+](=O)[O-])c1NC(=O)C(F)(F)F. The minimum Gasteiger partial charge on any atom is -0.415 e. The van der Waals surface area contributed by atoms with Crippen LogP contribution in [0.4, 0.5) is 33.5 Å². The average molecular weight is 370 g/mol. The quantitative estimate of drug-likeness (QED) is 0.470. The van der Waals surface area contributed by atoms with Gasteiger partial charge in [-0.05, 0) is 6.92 Å². The summed E-state index contributed by atoms with van der Waals surface area (Å²) in [6.07, 6.45) is -4.75. The molecule has 15 heteroatoms. The number of rotatable bonds is 5. The van der Waals surface area contributed by atoms with E-state index in [4.69, 9.17) is 0 Å². The van der Waals surface area contributed by atoms with Crippen LogP contribution in [-0.2, 0) is 4.79 Å². The lowest BCUT2D eigenvalue weighted by Gasteiger charge is -2.09. The number of H-pyrrole nitrogens is 1. The predicted octanol–water partition coefficient (Wildman–Crippen LogP) is 1.91. The highest BCUT2D eigenvalue weighted by Gasteiger charge is 2.41. The van der Waals surface area contributed by atoms with Gasteiger partial charge in [0.2, 0.25) is 11.7 Å². The van der Waals surface area contributed by atoms with E-state index in [1.807, 2.05) is 0 Å². The maximum absolute atomic E-state index is 12.4. The zero-order valence-electron chi connectivity index (χ0n) is 12.0. The Kier molecular flexibility index (Phi) is 4.58. The summed E-state index contributed by atoms with van der Waals surface area (Å²) >= 11 is 0. The number of ether oxygens (including phenoxy) is 1. The number of anilines is 1. The van der Waals surface area contributed by atoms with E-state index in [1.165, 1.54) is 12.2 Å². The van der Waals surface area contributed by atoms with Gasteiger partial charge in [0.15, 0.2) is 5.82 Å². The van der Waals surface area contributed by atoms with Gasteiger partial charge >= 0.3 is 24.4 Å². The lowest BCUT2D eigenvalue weighted by atomic mass is 10.3. The monoisotopic (exact) mass is 370 g/mol. The molecule has 0 aliphatic carbocycles. The Morgan fingerprint density at radius 1 is 1.48 bits per heavy atom. The number of amides is 1. The number of nitrogens with zero attached hydrogens (tertiary/aromatic N) is 4. The normalized spacial score (nSPS) is 11.6. The van der Waals surface area contributed by atoms with E-state index in [2.05, 4.69) is 20.0 Å². The van der Waals surface area contributed by atoms with Gasteiger partial charge in [0.25, 0.3) is 0 Å². The number of carbonyl (C=O) groups is 1. The van der Waals surface area contributed by atoms with Gasteiger partial charge in [-0.25, -0.2) is 0 Å². The van der Waals surface area contributed by atoms with Crippen LogP contribution in [0.15, 0.2) is 6.20 Å². The molecule has 136 valence electrons. The molecular formula is C10H7F5N6O4. The number of carbonyl (C=O) groups excluding carboxylic acids is 1. The highest BCUT2D eigenvalue weighted by Crippen LogP contribution is 2.31. The molecule has 0 atom stereocenters. The van der Waals surface area contributed by atoms with Crippen LogP contribution in [0.5, 0.6) is 5.88 Å². The summed E-state index contributed by atoms with van der Waals surface area (Å²) in [7, 11) is 0. The zero-order chi connectivity index (χ0) is 18.9. The van der Waals surface area contributed by atoms with Gasteiger partial charge in [0.1, 0.15) is 6.20 Å². The zero-order valence-corrected chi connectivity index (χ0v) is 12.0. The van der Waals surface area contributed by atoms with Crippen LogP contribution < -0.4 is 10.1 Å². The van der Waals surface area contributed by atoms with E-state index < -0.39 is 41.0 Å². The lowest BCUT2D eigenvalue weighted by Crippen LogP contribution is -2.31. The van der Waals surface area contributed by atoms with Crippen molar-refractivity contribution in [3.8, 4) is 11.7 Å². The van der Waals surface area contributed by atoms with Crippen LogP contribution in [0.1, 0.15) is 5.56 Å². The van der Waals surface area contributed by atoms with Gasteiger partial charge in [-0.1, -0.05) is 0 Å². The summed E-state index contributed by atoms with van der Waals surface area (Å²) < 4.78 is 66.2. The Hall–Kier alpha value is -3.26. The van der Waals surface area contributed by atoms with Crippen molar-refractivity contribution in [1.82, 2.24) is 20.0 Å². The van der Waals surface area contributed by atoms with Crippen LogP contribution in [-0.4, -0.2) is 43.6 Å². The van der Waals surface area contributed by atoms with E-state index >= 15 is 0 Å². The number of alkyl halides is 5. The molecule has 0 fully saturated rings. The molecule has 0 aliphatic rings. The topological polar surface area (TPSA) is 128 Å². The highest BCUT2D eigenvalue weighted by molar-refractivity contribution is 5.96.